The van der Waals surface area contributed by atoms with Gasteiger partial charge in [-0.05, 0) is 75.1 Å². The molecule has 0 aliphatic heterocycles. The Hall–Kier alpha value is -4.23. The van der Waals surface area contributed by atoms with Gasteiger partial charge in [0.25, 0.3) is 10.0 Å². The van der Waals surface area contributed by atoms with Crippen LogP contribution in [0.4, 0.5) is 18.9 Å². The smallest absolute Gasteiger partial charge is 0.321 e. The number of anilines is 1. The molecule has 4 rings (SSSR count). The Kier molecular flexibility index (Phi) is 8.55. The summed E-state index contributed by atoms with van der Waals surface area (Å²) in [5.41, 5.74) is 1.24. The summed E-state index contributed by atoms with van der Waals surface area (Å²) in [6, 6.07) is 8.77. The molecule has 2 aromatic heterocycles. The van der Waals surface area contributed by atoms with Gasteiger partial charge in [-0.2, -0.15) is 5.10 Å². The van der Waals surface area contributed by atoms with Crippen molar-refractivity contribution in [3.8, 4) is 22.4 Å². The number of hydrogen-bond donors (Lipinski definition) is 0. The fourth-order valence-electron chi connectivity index (χ4n) is 3.89. The number of aromatic nitrogens is 3. The first-order valence-corrected chi connectivity index (χ1v) is 13.5. The Labute approximate surface area is 229 Å². The molecule has 0 atom stereocenters. The number of benzene rings is 2. The van der Waals surface area contributed by atoms with E-state index in [0.29, 0.717) is 34.1 Å². The minimum absolute atomic E-state index is 0.0592. The molecular formula is C27H26F3N5O4S. The molecule has 0 saturated heterocycles. The molecule has 0 spiro atoms. The molecule has 2 aromatic carbocycles. The zero-order valence-electron chi connectivity index (χ0n) is 21.9. The van der Waals surface area contributed by atoms with Crippen LogP contribution in [0.15, 0.2) is 72.0 Å². The van der Waals surface area contributed by atoms with Crippen molar-refractivity contribution in [1.29, 1.82) is 0 Å². The van der Waals surface area contributed by atoms with Crippen molar-refractivity contribution in [2.24, 2.45) is 0 Å². The highest BCUT2D eigenvalue weighted by atomic mass is 32.2. The number of esters is 1. The standard InChI is InChI=1S/C27H26F3N5O4S/c1-4-34-15-22(18-9-11-31-12-10-18)27(32-34)21-14-20(6-8-23(21)29)35(17-39-26(36)16-33(2)3)40(37,38)25-13-19(28)5-7-24(25)30/h5-15H,4,16-17H2,1-3H3. The lowest BCUT2D eigenvalue weighted by atomic mass is 10.0. The van der Waals surface area contributed by atoms with Crippen molar-refractivity contribution in [1.82, 2.24) is 19.7 Å². The molecule has 2 heterocycles. The number of rotatable bonds is 10. The lowest BCUT2D eigenvalue weighted by Crippen LogP contribution is -2.36. The molecule has 0 fully saturated rings. The van der Waals surface area contributed by atoms with Gasteiger partial charge in [0.1, 0.15) is 28.0 Å². The van der Waals surface area contributed by atoms with Gasteiger partial charge >= 0.3 is 5.97 Å². The van der Waals surface area contributed by atoms with Gasteiger partial charge in [-0.3, -0.25) is 19.4 Å². The summed E-state index contributed by atoms with van der Waals surface area (Å²) in [5.74, 6) is -3.68. The molecular weight excluding hydrogens is 547 g/mol. The van der Waals surface area contributed by atoms with Crippen molar-refractivity contribution in [2.45, 2.75) is 18.4 Å². The fraction of sp³-hybridized carbons (Fsp3) is 0.222. The van der Waals surface area contributed by atoms with Crippen LogP contribution in [-0.2, 0) is 26.1 Å². The van der Waals surface area contributed by atoms with Crippen LogP contribution in [0.25, 0.3) is 22.4 Å². The second-order valence-electron chi connectivity index (χ2n) is 8.96. The van der Waals surface area contributed by atoms with Crippen LogP contribution >= 0.6 is 0 Å². The van der Waals surface area contributed by atoms with E-state index < -0.39 is 45.1 Å². The van der Waals surface area contributed by atoms with E-state index in [1.54, 1.807) is 49.5 Å². The van der Waals surface area contributed by atoms with E-state index in [-0.39, 0.29) is 23.5 Å². The van der Waals surface area contributed by atoms with E-state index in [9.17, 15) is 22.0 Å². The molecule has 0 aliphatic carbocycles. The van der Waals surface area contributed by atoms with E-state index in [2.05, 4.69) is 10.1 Å². The molecule has 0 unspecified atom stereocenters. The number of pyridine rings is 1. The second kappa shape index (κ2) is 11.9. The van der Waals surface area contributed by atoms with E-state index >= 15 is 4.39 Å². The minimum Gasteiger partial charge on any atom is -0.442 e. The summed E-state index contributed by atoms with van der Waals surface area (Å²) in [5, 5.41) is 4.48. The summed E-state index contributed by atoms with van der Waals surface area (Å²) in [7, 11) is -1.61. The number of carbonyl (C=O) groups excluding carboxylic acids is 1. The third-order valence-electron chi connectivity index (χ3n) is 5.82. The Morgan fingerprint density at radius 1 is 0.975 bits per heavy atom. The quantitative estimate of drug-likeness (QED) is 0.206. The van der Waals surface area contributed by atoms with Gasteiger partial charge in [-0.15, -0.1) is 0 Å². The molecule has 0 N–H and O–H groups in total. The maximum absolute atomic E-state index is 15.3. The van der Waals surface area contributed by atoms with Crippen LogP contribution in [0.1, 0.15) is 6.92 Å². The van der Waals surface area contributed by atoms with E-state index in [1.165, 1.54) is 11.0 Å². The average molecular weight is 574 g/mol. The highest BCUT2D eigenvalue weighted by Crippen LogP contribution is 2.36. The van der Waals surface area contributed by atoms with Crippen molar-refractivity contribution < 1.29 is 31.1 Å². The first-order chi connectivity index (χ1) is 19.0. The van der Waals surface area contributed by atoms with Crippen LogP contribution in [0, 0.1) is 17.5 Å². The van der Waals surface area contributed by atoms with Crippen LogP contribution in [0.5, 0.6) is 0 Å². The monoisotopic (exact) mass is 573 g/mol. The number of sulfonamides is 1. The Morgan fingerprint density at radius 3 is 2.35 bits per heavy atom. The SMILES string of the molecule is CCn1cc(-c2ccncc2)c(-c2cc(N(COC(=O)CN(C)C)S(=O)(=O)c3cc(F)ccc3F)ccc2F)n1. The van der Waals surface area contributed by atoms with Crippen molar-refractivity contribution in [3.63, 3.8) is 0 Å². The van der Waals surface area contributed by atoms with E-state index in [0.717, 1.165) is 18.2 Å². The average Bonchev–Trinajstić information content (AvgIpc) is 3.35. The molecule has 4 aromatic rings. The number of likely N-dealkylation sites (N-methyl/N-ethyl adjacent to an activating group) is 1. The molecule has 0 amide bonds. The molecule has 0 saturated carbocycles. The number of aryl methyl sites for hydroxylation is 1. The Bertz CT molecular complexity index is 1630. The van der Waals surface area contributed by atoms with Crippen molar-refractivity contribution in [3.05, 3.63) is 84.6 Å². The topological polar surface area (TPSA) is 97.6 Å². The normalized spacial score (nSPS) is 11.6. The zero-order valence-corrected chi connectivity index (χ0v) is 22.7. The largest absolute Gasteiger partial charge is 0.442 e. The van der Waals surface area contributed by atoms with Gasteiger partial charge < -0.3 is 4.74 Å². The second-order valence-corrected chi connectivity index (χ2v) is 10.8. The van der Waals surface area contributed by atoms with E-state index in [4.69, 9.17) is 4.74 Å². The van der Waals surface area contributed by atoms with Gasteiger partial charge in [-0.25, -0.2) is 25.9 Å². The molecule has 210 valence electrons. The summed E-state index contributed by atoms with van der Waals surface area (Å²) in [4.78, 5) is 16.8. The summed E-state index contributed by atoms with van der Waals surface area (Å²) >= 11 is 0. The first kappa shape index (κ1) is 28.8. The molecule has 13 heteroatoms. The van der Waals surface area contributed by atoms with Gasteiger partial charge in [0.15, 0.2) is 6.73 Å². The summed E-state index contributed by atoms with van der Waals surface area (Å²) in [6.45, 7) is 1.28. The lowest BCUT2D eigenvalue weighted by Gasteiger charge is -2.25. The molecule has 0 radical (unpaired) electrons. The number of halogens is 3. The van der Waals surface area contributed by atoms with Gasteiger partial charge in [-0.1, -0.05) is 0 Å². The van der Waals surface area contributed by atoms with Crippen LogP contribution < -0.4 is 4.31 Å². The number of ether oxygens (including phenoxy) is 1. The predicted molar refractivity (Wildman–Crippen MR) is 142 cm³/mol. The Balaban J connectivity index is 1.86. The summed E-state index contributed by atoms with van der Waals surface area (Å²) < 4.78 is 78.5. The maximum Gasteiger partial charge on any atom is 0.321 e. The van der Waals surface area contributed by atoms with Crippen molar-refractivity contribution in [2.75, 3.05) is 31.7 Å². The highest BCUT2D eigenvalue weighted by Gasteiger charge is 2.31. The highest BCUT2D eigenvalue weighted by molar-refractivity contribution is 7.92. The van der Waals surface area contributed by atoms with Crippen LogP contribution in [0.3, 0.4) is 0 Å². The van der Waals surface area contributed by atoms with Crippen molar-refractivity contribution >= 4 is 21.7 Å². The molecule has 0 bridgehead atoms. The zero-order chi connectivity index (χ0) is 29.0. The lowest BCUT2D eigenvalue weighted by molar-refractivity contribution is -0.143. The fourth-order valence-corrected chi connectivity index (χ4v) is 5.28. The van der Waals surface area contributed by atoms with Crippen LogP contribution in [-0.4, -0.2) is 61.4 Å². The first-order valence-electron chi connectivity index (χ1n) is 12.1. The number of nitrogens with zero attached hydrogens (tertiary/aromatic N) is 5. The number of carbonyl (C=O) groups is 1. The maximum atomic E-state index is 15.3. The summed E-state index contributed by atoms with van der Waals surface area (Å²) in [6.07, 6.45) is 4.86. The molecule has 40 heavy (non-hydrogen) atoms. The van der Waals surface area contributed by atoms with E-state index in [1.807, 2.05) is 6.92 Å². The van der Waals surface area contributed by atoms with Gasteiger partial charge in [0.2, 0.25) is 0 Å². The molecule has 0 aliphatic rings. The van der Waals surface area contributed by atoms with Gasteiger partial charge in [0, 0.05) is 36.3 Å². The van der Waals surface area contributed by atoms with Crippen LogP contribution in [0.2, 0.25) is 0 Å². The predicted octanol–water partition coefficient (Wildman–Crippen LogP) is 4.31. The van der Waals surface area contributed by atoms with Gasteiger partial charge in [0.05, 0.1) is 12.2 Å². The minimum atomic E-state index is -4.83. The Morgan fingerprint density at radius 2 is 1.68 bits per heavy atom. The number of hydrogen-bond acceptors (Lipinski definition) is 7. The third kappa shape index (κ3) is 6.15. The third-order valence-corrected chi connectivity index (χ3v) is 7.58. The molecule has 9 nitrogen and oxygen atoms in total.